The number of aryl methyl sites for hydroxylation is 1. The smallest absolute Gasteiger partial charge is 0.408 e. The second kappa shape index (κ2) is 14.7. The molecule has 9 heteroatoms. The molecule has 0 saturated heterocycles. The summed E-state index contributed by atoms with van der Waals surface area (Å²) in [5.74, 6) is -1.59. The number of nitrogens with zero attached hydrogens (tertiary/aromatic N) is 1. The number of alkyl carbamates (subject to hydrolysis) is 1. The lowest BCUT2D eigenvalue weighted by Crippen LogP contribution is -2.57. The predicted molar refractivity (Wildman–Crippen MR) is 179 cm³/mol. The van der Waals surface area contributed by atoms with E-state index >= 15 is 0 Å². The molecular formula is C37H53N3O6. The van der Waals surface area contributed by atoms with Crippen LogP contribution in [-0.4, -0.2) is 58.1 Å². The molecule has 3 rings (SSSR count). The van der Waals surface area contributed by atoms with Crippen molar-refractivity contribution in [3.63, 3.8) is 0 Å². The molecule has 2 aromatic carbocycles. The maximum absolute atomic E-state index is 14.6. The normalized spacial score (nSPS) is 18.2. The number of hydrogen-bond acceptors (Lipinski definition) is 6. The fourth-order valence-corrected chi connectivity index (χ4v) is 5.43. The molecule has 1 saturated carbocycles. The molecule has 0 spiro atoms. The summed E-state index contributed by atoms with van der Waals surface area (Å²) in [6.45, 7) is 20.2. The number of esters is 1. The summed E-state index contributed by atoms with van der Waals surface area (Å²) in [4.78, 5) is 57.3. The van der Waals surface area contributed by atoms with Gasteiger partial charge in [0.25, 0.3) is 0 Å². The van der Waals surface area contributed by atoms with E-state index in [1.54, 1.807) is 46.4 Å². The average Bonchev–Trinajstić information content (AvgIpc) is 3.65. The van der Waals surface area contributed by atoms with Crippen molar-refractivity contribution in [3.8, 4) is 0 Å². The number of hydrogen-bond donors (Lipinski definition) is 2. The molecule has 0 bridgehead atoms. The summed E-state index contributed by atoms with van der Waals surface area (Å²) in [6.07, 6.45) is 0.213. The Labute approximate surface area is 274 Å². The summed E-state index contributed by atoms with van der Waals surface area (Å²) >= 11 is 0. The summed E-state index contributed by atoms with van der Waals surface area (Å²) in [5.41, 5.74) is 1.82. The first-order valence-electron chi connectivity index (χ1n) is 16.2. The van der Waals surface area contributed by atoms with Gasteiger partial charge in [-0.25, -0.2) is 9.59 Å². The Balaban J connectivity index is 2.10. The minimum Gasteiger partial charge on any atom is -0.458 e. The summed E-state index contributed by atoms with van der Waals surface area (Å²) in [5, 5.41) is 5.77. The SMILES string of the molecule is Cc1cccc(C(C(=O)NC(Cc2ccccc2)C(=O)OC(C)(C)C)N(C(=O)C(NC(=O)OC(C)(C)C)C(C)C)C2CC2C)c1C. The van der Waals surface area contributed by atoms with E-state index in [0.717, 1.165) is 16.7 Å². The van der Waals surface area contributed by atoms with Gasteiger partial charge in [0.05, 0.1) is 0 Å². The Morgan fingerprint density at radius 3 is 1.98 bits per heavy atom. The minimum absolute atomic E-state index is 0.143. The summed E-state index contributed by atoms with van der Waals surface area (Å²) < 4.78 is 11.2. The van der Waals surface area contributed by atoms with E-state index < -0.39 is 47.3 Å². The zero-order valence-electron chi connectivity index (χ0n) is 29.4. The zero-order chi connectivity index (χ0) is 34.6. The number of ether oxygens (including phenoxy) is 2. The van der Waals surface area contributed by atoms with Crippen molar-refractivity contribution in [2.45, 2.75) is 124 Å². The van der Waals surface area contributed by atoms with Crippen LogP contribution in [0.25, 0.3) is 0 Å². The highest BCUT2D eigenvalue weighted by Crippen LogP contribution is 2.42. The molecule has 1 aliphatic carbocycles. The van der Waals surface area contributed by atoms with Crippen molar-refractivity contribution >= 4 is 23.9 Å². The van der Waals surface area contributed by atoms with E-state index in [0.29, 0.717) is 12.0 Å². The quantitative estimate of drug-likeness (QED) is 0.284. The Morgan fingerprint density at radius 1 is 0.870 bits per heavy atom. The van der Waals surface area contributed by atoms with Crippen LogP contribution < -0.4 is 10.6 Å². The molecule has 252 valence electrons. The molecule has 0 radical (unpaired) electrons. The molecule has 2 N–H and O–H groups in total. The predicted octanol–water partition coefficient (Wildman–Crippen LogP) is 6.20. The van der Waals surface area contributed by atoms with E-state index in [-0.39, 0.29) is 30.2 Å². The lowest BCUT2D eigenvalue weighted by Gasteiger charge is -2.37. The molecule has 1 aliphatic rings. The van der Waals surface area contributed by atoms with E-state index in [9.17, 15) is 19.2 Å². The van der Waals surface area contributed by atoms with Crippen molar-refractivity contribution in [2.75, 3.05) is 0 Å². The number of carbonyl (C=O) groups is 4. The largest absolute Gasteiger partial charge is 0.458 e. The number of amides is 3. The molecule has 0 aromatic heterocycles. The molecule has 1 fully saturated rings. The second-order valence-electron chi connectivity index (χ2n) is 14.9. The minimum atomic E-state index is -1.07. The van der Waals surface area contributed by atoms with E-state index in [2.05, 4.69) is 10.6 Å². The lowest BCUT2D eigenvalue weighted by molar-refractivity contribution is -0.159. The maximum atomic E-state index is 14.6. The molecule has 5 atom stereocenters. The number of benzene rings is 2. The van der Waals surface area contributed by atoms with Crippen molar-refractivity contribution in [2.24, 2.45) is 11.8 Å². The van der Waals surface area contributed by atoms with Gasteiger partial charge in [-0.05, 0) is 95.9 Å². The molecule has 0 heterocycles. The van der Waals surface area contributed by atoms with Gasteiger partial charge in [0.1, 0.15) is 29.3 Å². The van der Waals surface area contributed by atoms with Gasteiger partial charge in [-0.1, -0.05) is 69.3 Å². The van der Waals surface area contributed by atoms with E-state index in [1.165, 1.54) is 0 Å². The molecule has 9 nitrogen and oxygen atoms in total. The van der Waals surface area contributed by atoms with Crippen LogP contribution in [0.4, 0.5) is 4.79 Å². The number of carbonyl (C=O) groups excluding carboxylic acids is 4. The van der Waals surface area contributed by atoms with Gasteiger partial charge in [0, 0.05) is 12.5 Å². The third-order valence-corrected chi connectivity index (χ3v) is 8.04. The van der Waals surface area contributed by atoms with E-state index in [1.807, 2.05) is 83.1 Å². The third kappa shape index (κ3) is 10.1. The van der Waals surface area contributed by atoms with Gasteiger partial charge in [0.15, 0.2) is 0 Å². The molecule has 46 heavy (non-hydrogen) atoms. The highest BCUT2D eigenvalue weighted by atomic mass is 16.6. The molecule has 3 amide bonds. The fraction of sp³-hybridized carbons (Fsp3) is 0.568. The summed E-state index contributed by atoms with van der Waals surface area (Å²) in [6, 6.07) is 11.8. The first kappa shape index (κ1) is 36.6. The van der Waals surface area contributed by atoms with Crippen molar-refractivity contribution in [1.82, 2.24) is 15.5 Å². The van der Waals surface area contributed by atoms with Crippen LogP contribution >= 0.6 is 0 Å². The molecular weight excluding hydrogens is 582 g/mol. The van der Waals surface area contributed by atoms with Gasteiger partial charge in [-0.15, -0.1) is 0 Å². The van der Waals surface area contributed by atoms with Gasteiger partial charge < -0.3 is 25.0 Å². The second-order valence-corrected chi connectivity index (χ2v) is 14.9. The number of rotatable bonds is 11. The third-order valence-electron chi connectivity index (χ3n) is 8.04. The van der Waals surface area contributed by atoms with Crippen molar-refractivity contribution in [1.29, 1.82) is 0 Å². The molecule has 2 aromatic rings. The van der Waals surface area contributed by atoms with Crippen LogP contribution in [0.15, 0.2) is 48.5 Å². The monoisotopic (exact) mass is 635 g/mol. The van der Waals surface area contributed by atoms with Crippen LogP contribution in [0.2, 0.25) is 0 Å². The van der Waals surface area contributed by atoms with Crippen LogP contribution in [0.5, 0.6) is 0 Å². The van der Waals surface area contributed by atoms with Gasteiger partial charge in [-0.2, -0.15) is 0 Å². The first-order chi connectivity index (χ1) is 21.3. The maximum Gasteiger partial charge on any atom is 0.408 e. The van der Waals surface area contributed by atoms with Crippen LogP contribution in [0.1, 0.15) is 97.0 Å². The highest BCUT2D eigenvalue weighted by Gasteiger charge is 2.49. The van der Waals surface area contributed by atoms with Gasteiger partial charge >= 0.3 is 12.1 Å². The Hall–Kier alpha value is -3.88. The highest BCUT2D eigenvalue weighted by molar-refractivity contribution is 5.94. The Bertz CT molecular complexity index is 1390. The van der Waals surface area contributed by atoms with Crippen LogP contribution in [0.3, 0.4) is 0 Å². The first-order valence-corrected chi connectivity index (χ1v) is 16.2. The average molecular weight is 636 g/mol. The Kier molecular flexibility index (Phi) is 11.7. The van der Waals surface area contributed by atoms with Crippen LogP contribution in [-0.2, 0) is 30.3 Å². The molecule has 5 unspecified atom stereocenters. The van der Waals surface area contributed by atoms with Gasteiger partial charge in [0.2, 0.25) is 11.8 Å². The van der Waals surface area contributed by atoms with Crippen molar-refractivity contribution < 1.29 is 28.7 Å². The van der Waals surface area contributed by atoms with Gasteiger partial charge in [-0.3, -0.25) is 9.59 Å². The summed E-state index contributed by atoms with van der Waals surface area (Å²) in [7, 11) is 0. The Morgan fingerprint density at radius 2 is 1.46 bits per heavy atom. The molecule has 0 aliphatic heterocycles. The zero-order valence-corrected chi connectivity index (χ0v) is 29.4. The lowest BCUT2D eigenvalue weighted by atomic mass is 9.93. The van der Waals surface area contributed by atoms with Crippen LogP contribution in [0, 0.1) is 25.7 Å². The standard InChI is InChI=1S/C37H53N3O6/c1-22(2)30(39-35(44)46-37(9,10)11)33(42)40(29-20-24(29)4)31(27-19-15-16-23(3)25(27)5)32(41)38-28(34(43)45-36(6,7)8)21-26-17-13-12-14-18-26/h12-19,22,24,28-31H,20-21H2,1-11H3,(H,38,41)(H,39,44). The topological polar surface area (TPSA) is 114 Å². The number of nitrogens with one attached hydrogen (secondary N) is 2. The fourth-order valence-electron chi connectivity index (χ4n) is 5.43. The van der Waals surface area contributed by atoms with E-state index in [4.69, 9.17) is 9.47 Å². The van der Waals surface area contributed by atoms with Crippen molar-refractivity contribution in [3.05, 3.63) is 70.8 Å².